The first-order chi connectivity index (χ1) is 13.5. The lowest BCUT2D eigenvalue weighted by atomic mass is 10.1. The van der Waals surface area contributed by atoms with Crippen LogP contribution in [0.5, 0.6) is 0 Å². The van der Waals surface area contributed by atoms with Gasteiger partial charge in [0.05, 0.1) is 6.54 Å². The quantitative estimate of drug-likeness (QED) is 0.328. The number of rotatable bonds is 7. The van der Waals surface area contributed by atoms with E-state index in [4.69, 9.17) is 0 Å². The van der Waals surface area contributed by atoms with Gasteiger partial charge in [-0.05, 0) is 51.2 Å². The lowest BCUT2D eigenvalue weighted by molar-refractivity contribution is 0.0827. The van der Waals surface area contributed by atoms with Crippen molar-refractivity contribution in [3.63, 3.8) is 0 Å². The molecule has 29 heavy (non-hydrogen) atoms. The van der Waals surface area contributed by atoms with E-state index in [0.29, 0.717) is 12.1 Å². The Balaban J connectivity index is 0.00000420. The number of carbonyl (C=O) groups excluding carboxylic acids is 1. The molecule has 1 aromatic rings. The number of carbonyl (C=O) groups is 1. The number of guanidine groups is 1. The second-order valence-corrected chi connectivity index (χ2v) is 7.52. The number of benzene rings is 1. The van der Waals surface area contributed by atoms with E-state index < -0.39 is 0 Å². The van der Waals surface area contributed by atoms with E-state index in [2.05, 4.69) is 39.4 Å². The number of amides is 1. The fourth-order valence-corrected chi connectivity index (χ4v) is 3.18. The molecule has 2 rings (SSSR count). The largest absolute Gasteiger partial charge is 0.357 e. The predicted molar refractivity (Wildman–Crippen MR) is 131 cm³/mol. The summed E-state index contributed by atoms with van der Waals surface area (Å²) in [6.45, 7) is 10.0. The van der Waals surface area contributed by atoms with E-state index in [-0.39, 0.29) is 29.9 Å². The van der Waals surface area contributed by atoms with Crippen LogP contribution in [-0.2, 0) is 6.54 Å². The molecule has 0 bridgehead atoms. The Bertz CT molecular complexity index is 635. The van der Waals surface area contributed by atoms with Crippen molar-refractivity contribution in [2.75, 3.05) is 67.0 Å². The zero-order chi connectivity index (χ0) is 20.4. The van der Waals surface area contributed by atoms with Gasteiger partial charge in [-0.2, -0.15) is 0 Å². The van der Waals surface area contributed by atoms with Crippen LogP contribution in [0, 0.1) is 0 Å². The standard InChI is InChI=1S/C21H36N6O.HI/c1-5-22-21(23-11-14-27-13-6-12-26(4)15-16-27)24-17-18-7-9-19(10-8-18)20(28)25(2)3;/h7-10H,5-6,11-17H2,1-4H3,(H2,22,23,24);1H. The van der Waals surface area contributed by atoms with Crippen LogP contribution in [-0.4, -0.2) is 93.5 Å². The molecule has 0 radical (unpaired) electrons. The molecule has 1 heterocycles. The highest BCUT2D eigenvalue weighted by Crippen LogP contribution is 2.07. The fraction of sp³-hybridized carbons (Fsp3) is 0.619. The second-order valence-electron chi connectivity index (χ2n) is 7.52. The summed E-state index contributed by atoms with van der Waals surface area (Å²) in [4.78, 5) is 23.1. The van der Waals surface area contributed by atoms with Crippen LogP contribution >= 0.6 is 24.0 Å². The summed E-state index contributed by atoms with van der Waals surface area (Å²) in [5.74, 6) is 0.854. The van der Waals surface area contributed by atoms with Crippen molar-refractivity contribution < 1.29 is 4.79 Å². The summed E-state index contributed by atoms with van der Waals surface area (Å²) in [7, 11) is 5.72. The van der Waals surface area contributed by atoms with Crippen molar-refractivity contribution in [2.45, 2.75) is 19.9 Å². The van der Waals surface area contributed by atoms with E-state index in [1.807, 2.05) is 24.3 Å². The highest BCUT2D eigenvalue weighted by Gasteiger charge is 2.11. The van der Waals surface area contributed by atoms with Crippen molar-refractivity contribution in [1.82, 2.24) is 25.3 Å². The highest BCUT2D eigenvalue weighted by atomic mass is 127. The van der Waals surface area contributed by atoms with Gasteiger partial charge in [-0.25, -0.2) is 4.99 Å². The van der Waals surface area contributed by atoms with Gasteiger partial charge in [-0.15, -0.1) is 24.0 Å². The zero-order valence-electron chi connectivity index (χ0n) is 18.3. The van der Waals surface area contributed by atoms with Crippen LogP contribution in [0.25, 0.3) is 0 Å². The van der Waals surface area contributed by atoms with E-state index in [0.717, 1.165) is 50.8 Å². The molecule has 1 aromatic carbocycles. The highest BCUT2D eigenvalue weighted by molar-refractivity contribution is 14.0. The molecule has 7 nitrogen and oxygen atoms in total. The molecule has 8 heteroatoms. The Morgan fingerprint density at radius 1 is 1.10 bits per heavy atom. The molecule has 1 aliphatic rings. The van der Waals surface area contributed by atoms with Gasteiger partial charge in [0.1, 0.15) is 0 Å². The minimum atomic E-state index is 0. The minimum absolute atomic E-state index is 0. The Hall–Kier alpha value is -1.39. The Labute approximate surface area is 192 Å². The summed E-state index contributed by atoms with van der Waals surface area (Å²) in [6.07, 6.45) is 1.23. The molecule has 1 fully saturated rings. The van der Waals surface area contributed by atoms with Crippen LogP contribution in [0.4, 0.5) is 0 Å². The summed E-state index contributed by atoms with van der Waals surface area (Å²) < 4.78 is 0. The van der Waals surface area contributed by atoms with Gasteiger partial charge in [-0.3, -0.25) is 4.79 Å². The molecule has 0 atom stereocenters. The summed E-state index contributed by atoms with van der Waals surface area (Å²) in [5.41, 5.74) is 1.79. The normalized spacial score (nSPS) is 15.9. The number of likely N-dealkylation sites (N-methyl/N-ethyl adjacent to an activating group) is 1. The maximum absolute atomic E-state index is 12.0. The molecule has 0 spiro atoms. The van der Waals surface area contributed by atoms with E-state index in [1.54, 1.807) is 19.0 Å². The van der Waals surface area contributed by atoms with Crippen LogP contribution < -0.4 is 10.6 Å². The summed E-state index contributed by atoms with van der Waals surface area (Å²) >= 11 is 0. The van der Waals surface area contributed by atoms with Crippen molar-refractivity contribution in [3.05, 3.63) is 35.4 Å². The Morgan fingerprint density at radius 3 is 2.48 bits per heavy atom. The average molecular weight is 516 g/mol. The number of nitrogens with zero attached hydrogens (tertiary/aromatic N) is 4. The molecule has 1 amide bonds. The lowest BCUT2D eigenvalue weighted by Crippen LogP contribution is -2.42. The van der Waals surface area contributed by atoms with Crippen molar-refractivity contribution in [2.24, 2.45) is 4.99 Å². The number of nitrogens with one attached hydrogen (secondary N) is 2. The van der Waals surface area contributed by atoms with Gasteiger partial charge in [0.15, 0.2) is 5.96 Å². The first kappa shape index (κ1) is 25.6. The molecular weight excluding hydrogens is 479 g/mol. The smallest absolute Gasteiger partial charge is 0.253 e. The average Bonchev–Trinajstić information content (AvgIpc) is 2.90. The Kier molecular flexibility index (Phi) is 12.2. The molecule has 0 aromatic heterocycles. The maximum atomic E-state index is 12.0. The van der Waals surface area contributed by atoms with Gasteiger partial charge in [-0.1, -0.05) is 12.1 Å². The molecular formula is C21H37IN6O. The monoisotopic (exact) mass is 516 g/mol. The van der Waals surface area contributed by atoms with E-state index in [1.165, 1.54) is 13.0 Å². The third-order valence-electron chi connectivity index (χ3n) is 4.90. The lowest BCUT2D eigenvalue weighted by Gasteiger charge is -2.21. The molecule has 0 saturated carbocycles. The van der Waals surface area contributed by atoms with Gasteiger partial charge in [0.25, 0.3) is 5.91 Å². The molecule has 1 aliphatic heterocycles. The van der Waals surface area contributed by atoms with E-state index >= 15 is 0 Å². The number of halogens is 1. The first-order valence-electron chi connectivity index (χ1n) is 10.2. The maximum Gasteiger partial charge on any atom is 0.253 e. The van der Waals surface area contributed by atoms with Gasteiger partial charge >= 0.3 is 0 Å². The van der Waals surface area contributed by atoms with Crippen LogP contribution in [0.15, 0.2) is 29.3 Å². The second kappa shape index (κ2) is 13.8. The van der Waals surface area contributed by atoms with E-state index in [9.17, 15) is 4.79 Å². The van der Waals surface area contributed by atoms with Crippen LogP contribution in [0.2, 0.25) is 0 Å². The number of aliphatic imine (C=N–C) groups is 1. The molecule has 0 aliphatic carbocycles. The van der Waals surface area contributed by atoms with Crippen molar-refractivity contribution in [1.29, 1.82) is 0 Å². The molecule has 2 N–H and O–H groups in total. The fourth-order valence-electron chi connectivity index (χ4n) is 3.18. The number of hydrogen-bond donors (Lipinski definition) is 2. The topological polar surface area (TPSA) is 63.2 Å². The predicted octanol–water partition coefficient (Wildman–Crippen LogP) is 1.70. The zero-order valence-corrected chi connectivity index (χ0v) is 20.6. The SMILES string of the molecule is CCNC(=NCc1ccc(C(=O)N(C)C)cc1)NCCN1CCCN(C)CC1.I. The summed E-state index contributed by atoms with van der Waals surface area (Å²) in [6, 6.07) is 7.67. The molecule has 0 unspecified atom stereocenters. The van der Waals surface area contributed by atoms with Gasteiger partial charge in [0, 0.05) is 52.4 Å². The van der Waals surface area contributed by atoms with Crippen LogP contribution in [0.1, 0.15) is 29.3 Å². The number of hydrogen-bond acceptors (Lipinski definition) is 4. The summed E-state index contributed by atoms with van der Waals surface area (Å²) in [5, 5.41) is 6.74. The molecule has 164 valence electrons. The van der Waals surface area contributed by atoms with Gasteiger partial charge < -0.3 is 25.3 Å². The molecule has 1 saturated heterocycles. The van der Waals surface area contributed by atoms with Gasteiger partial charge in [0.2, 0.25) is 0 Å². The van der Waals surface area contributed by atoms with Crippen molar-refractivity contribution >= 4 is 35.8 Å². The van der Waals surface area contributed by atoms with Crippen molar-refractivity contribution in [3.8, 4) is 0 Å². The Morgan fingerprint density at radius 2 is 1.83 bits per heavy atom. The minimum Gasteiger partial charge on any atom is -0.357 e. The third-order valence-corrected chi connectivity index (χ3v) is 4.90. The third kappa shape index (κ3) is 9.31. The first-order valence-corrected chi connectivity index (χ1v) is 10.2. The van der Waals surface area contributed by atoms with Crippen LogP contribution in [0.3, 0.4) is 0 Å².